The average Bonchev–Trinajstić information content (AvgIpc) is 2.64. The molecular formula is C24H30Si2. The predicted molar refractivity (Wildman–Crippen MR) is 120 cm³/mol. The summed E-state index contributed by atoms with van der Waals surface area (Å²) in [6, 6.07) is 23.8. The molecule has 0 nitrogen and oxygen atoms in total. The van der Waals surface area contributed by atoms with E-state index in [1.807, 2.05) is 0 Å². The molecule has 0 bridgehead atoms. The molecule has 0 saturated carbocycles. The molecule has 2 heteroatoms. The molecule has 0 aliphatic heterocycles. The Labute approximate surface area is 162 Å². The van der Waals surface area contributed by atoms with E-state index in [9.17, 15) is 0 Å². The van der Waals surface area contributed by atoms with Gasteiger partial charge < -0.3 is 0 Å². The van der Waals surface area contributed by atoms with E-state index in [-0.39, 0.29) is 0 Å². The molecule has 0 saturated heterocycles. The van der Waals surface area contributed by atoms with Crippen LogP contribution in [0, 0.1) is 22.9 Å². The Balaban J connectivity index is 1.86. The maximum atomic E-state index is 3.51. The molecule has 0 radical (unpaired) electrons. The maximum absolute atomic E-state index is 3.51. The minimum Gasteiger partial charge on any atom is -0.118 e. The van der Waals surface area contributed by atoms with Crippen molar-refractivity contribution in [3.8, 4) is 22.9 Å². The minimum atomic E-state index is -1.50. The van der Waals surface area contributed by atoms with Gasteiger partial charge >= 0.3 is 0 Å². The second-order valence-electron chi connectivity index (χ2n) is 8.24. The maximum Gasteiger partial charge on any atom is 0.134 e. The Morgan fingerprint density at radius 3 is 1.27 bits per heavy atom. The van der Waals surface area contributed by atoms with Crippen molar-refractivity contribution in [1.82, 2.24) is 0 Å². The lowest BCUT2D eigenvalue weighted by Crippen LogP contribution is -2.24. The molecule has 2 rings (SSSR count). The zero-order valence-corrected chi connectivity index (χ0v) is 18.6. The third kappa shape index (κ3) is 7.92. The fraction of sp³-hybridized carbons (Fsp3) is 0.333. The van der Waals surface area contributed by atoms with Gasteiger partial charge in [-0.3, -0.25) is 0 Å². The molecule has 0 fully saturated rings. The summed E-state index contributed by atoms with van der Waals surface area (Å²) in [5, 5.41) is 0. The van der Waals surface area contributed by atoms with Crippen LogP contribution in [0.1, 0.15) is 11.1 Å². The third-order valence-electron chi connectivity index (χ3n) is 4.63. The van der Waals surface area contributed by atoms with Crippen molar-refractivity contribution < 1.29 is 0 Å². The van der Waals surface area contributed by atoms with Gasteiger partial charge in [0.25, 0.3) is 0 Å². The van der Waals surface area contributed by atoms with Crippen molar-refractivity contribution in [3.63, 3.8) is 0 Å². The summed E-state index contributed by atoms with van der Waals surface area (Å²) in [7, 11) is -3.00. The molecule has 0 unspecified atom stereocenters. The van der Waals surface area contributed by atoms with Crippen LogP contribution < -0.4 is 0 Å². The van der Waals surface area contributed by atoms with Gasteiger partial charge in [0.05, 0.1) is 0 Å². The summed E-state index contributed by atoms with van der Waals surface area (Å²) in [6.45, 7) is 9.40. The van der Waals surface area contributed by atoms with Crippen molar-refractivity contribution in [2.24, 2.45) is 0 Å². The largest absolute Gasteiger partial charge is 0.134 e. The van der Waals surface area contributed by atoms with Gasteiger partial charge in [0.1, 0.15) is 16.1 Å². The average molecular weight is 375 g/mol. The van der Waals surface area contributed by atoms with E-state index >= 15 is 0 Å². The van der Waals surface area contributed by atoms with E-state index in [4.69, 9.17) is 0 Å². The number of hydrogen-bond donors (Lipinski definition) is 0. The van der Waals surface area contributed by atoms with E-state index in [1.165, 1.54) is 23.2 Å². The van der Waals surface area contributed by atoms with Crippen LogP contribution in [0.3, 0.4) is 0 Å². The summed E-state index contributed by atoms with van der Waals surface area (Å²) in [5.41, 5.74) is 9.85. The Morgan fingerprint density at radius 2 is 0.923 bits per heavy atom. The zero-order chi connectivity index (χ0) is 18.9. The van der Waals surface area contributed by atoms with Gasteiger partial charge in [0.2, 0.25) is 0 Å². The Hall–Kier alpha value is -2.01. The molecule has 0 atom stereocenters. The molecule has 134 valence electrons. The molecule has 2 aromatic rings. The van der Waals surface area contributed by atoms with E-state index in [1.54, 1.807) is 0 Å². The fourth-order valence-electron chi connectivity index (χ4n) is 2.73. The fourth-order valence-corrected chi connectivity index (χ4v) is 5.61. The monoisotopic (exact) mass is 374 g/mol. The van der Waals surface area contributed by atoms with Crippen LogP contribution in [0.15, 0.2) is 60.7 Å². The van der Waals surface area contributed by atoms with Crippen molar-refractivity contribution >= 4 is 16.1 Å². The topological polar surface area (TPSA) is 0 Å². The van der Waals surface area contributed by atoms with Crippen LogP contribution in [-0.4, -0.2) is 16.1 Å². The molecule has 0 aliphatic carbocycles. The highest BCUT2D eigenvalue weighted by Crippen LogP contribution is 2.14. The number of hydrogen-bond acceptors (Lipinski definition) is 0. The van der Waals surface area contributed by atoms with Gasteiger partial charge in [-0.15, -0.1) is 11.1 Å². The summed E-state index contributed by atoms with van der Waals surface area (Å²) >= 11 is 0. The highest BCUT2D eigenvalue weighted by Gasteiger charge is 2.18. The van der Waals surface area contributed by atoms with Gasteiger partial charge in [0.15, 0.2) is 0 Å². The van der Waals surface area contributed by atoms with Gasteiger partial charge in [-0.05, 0) is 47.9 Å². The highest BCUT2D eigenvalue weighted by atomic mass is 28.3. The Morgan fingerprint density at radius 1 is 0.577 bits per heavy atom. The lowest BCUT2D eigenvalue weighted by molar-refractivity contribution is 1.10. The molecule has 0 amide bonds. The van der Waals surface area contributed by atoms with Gasteiger partial charge in [0, 0.05) is 0 Å². The molecule has 26 heavy (non-hydrogen) atoms. The lowest BCUT2D eigenvalue weighted by atomic mass is 10.2. The van der Waals surface area contributed by atoms with Crippen molar-refractivity contribution in [1.29, 1.82) is 0 Å². The smallest absolute Gasteiger partial charge is 0.118 e. The molecule has 2 aromatic carbocycles. The van der Waals surface area contributed by atoms with E-state index in [0.29, 0.717) is 0 Å². The number of rotatable bonds is 6. The molecule has 0 heterocycles. The number of aryl methyl sites for hydroxylation is 2. The molecular weight excluding hydrogens is 344 g/mol. The zero-order valence-electron chi connectivity index (χ0n) is 16.6. The van der Waals surface area contributed by atoms with E-state index in [0.717, 1.165) is 12.8 Å². The first kappa shape index (κ1) is 20.3. The van der Waals surface area contributed by atoms with Gasteiger partial charge in [-0.1, -0.05) is 86.9 Å². The summed E-state index contributed by atoms with van der Waals surface area (Å²) in [4.78, 5) is 0. The summed E-state index contributed by atoms with van der Waals surface area (Å²) in [6.07, 6.45) is 2.25. The van der Waals surface area contributed by atoms with E-state index in [2.05, 4.69) is 110 Å². The normalized spacial score (nSPS) is 11.1. The van der Waals surface area contributed by atoms with Crippen molar-refractivity contribution in [2.75, 3.05) is 0 Å². The highest BCUT2D eigenvalue weighted by molar-refractivity contribution is 6.85. The molecule has 0 aromatic heterocycles. The van der Waals surface area contributed by atoms with Crippen LogP contribution in [0.4, 0.5) is 0 Å². The summed E-state index contributed by atoms with van der Waals surface area (Å²) in [5.74, 6) is 6.40. The minimum absolute atomic E-state index is 1.12. The van der Waals surface area contributed by atoms with Crippen LogP contribution in [0.25, 0.3) is 0 Å². The molecule has 0 N–H and O–H groups in total. The SMILES string of the molecule is C[Si](C)(C#CC#C[Si](C)(C)CCc1ccccc1)CCc1ccccc1. The van der Waals surface area contributed by atoms with Gasteiger partial charge in [-0.2, -0.15) is 0 Å². The second-order valence-corrected chi connectivity index (χ2v) is 17.3. The third-order valence-corrected chi connectivity index (χ3v) is 9.23. The van der Waals surface area contributed by atoms with Crippen molar-refractivity contribution in [2.45, 2.75) is 51.1 Å². The van der Waals surface area contributed by atoms with Crippen molar-refractivity contribution in [3.05, 3.63) is 71.8 Å². The van der Waals surface area contributed by atoms with Crippen LogP contribution in [0.2, 0.25) is 38.3 Å². The predicted octanol–water partition coefficient (Wildman–Crippen LogP) is 5.97. The van der Waals surface area contributed by atoms with Crippen LogP contribution >= 0.6 is 0 Å². The van der Waals surface area contributed by atoms with Crippen LogP contribution in [0.5, 0.6) is 0 Å². The first-order valence-corrected chi connectivity index (χ1v) is 15.9. The first-order valence-electron chi connectivity index (χ1n) is 9.49. The van der Waals surface area contributed by atoms with Gasteiger partial charge in [-0.25, -0.2) is 0 Å². The molecule has 0 spiro atoms. The number of benzene rings is 2. The Kier molecular flexibility index (Phi) is 7.52. The quantitative estimate of drug-likeness (QED) is 0.431. The second kappa shape index (κ2) is 9.63. The summed E-state index contributed by atoms with van der Waals surface area (Å²) < 4.78 is 0. The first-order chi connectivity index (χ1) is 12.4. The van der Waals surface area contributed by atoms with Crippen LogP contribution in [-0.2, 0) is 12.8 Å². The standard InChI is InChI=1S/C24H30Si2/c1-25(2,21-17-23-13-7-5-8-14-23)19-11-12-20-26(3,4)22-18-24-15-9-6-10-16-24/h5-10,13-16H,17-18,21-22H2,1-4H3. The van der Waals surface area contributed by atoms with E-state index < -0.39 is 16.1 Å². The Bertz CT molecular complexity index is 726. The molecule has 0 aliphatic rings. The lowest BCUT2D eigenvalue weighted by Gasteiger charge is -2.14.